The van der Waals surface area contributed by atoms with Crippen molar-refractivity contribution in [3.8, 4) is 5.19 Å². The van der Waals surface area contributed by atoms with E-state index in [2.05, 4.69) is 31.0 Å². The van der Waals surface area contributed by atoms with E-state index in [1.54, 1.807) is 11.3 Å². The van der Waals surface area contributed by atoms with Crippen molar-refractivity contribution in [3.63, 3.8) is 0 Å². The average Bonchev–Trinajstić information content (AvgIpc) is 2.96. The van der Waals surface area contributed by atoms with Crippen LogP contribution < -0.4 is 4.74 Å². The van der Waals surface area contributed by atoms with Crippen LogP contribution in [0.1, 0.15) is 37.8 Å². The summed E-state index contributed by atoms with van der Waals surface area (Å²) in [6.07, 6.45) is 1.92. The van der Waals surface area contributed by atoms with Crippen molar-refractivity contribution in [2.75, 3.05) is 13.1 Å². The number of rotatable bonds is 3. The Bertz CT molecular complexity index is 676. The summed E-state index contributed by atoms with van der Waals surface area (Å²) in [6, 6.07) is 4.24. The largest absolute Gasteiger partial charge is 0.467 e. The van der Waals surface area contributed by atoms with Crippen LogP contribution in [0.5, 0.6) is 5.19 Å². The minimum Gasteiger partial charge on any atom is -0.467 e. The van der Waals surface area contributed by atoms with Gasteiger partial charge >= 0.3 is 0 Å². The Labute approximate surface area is 141 Å². The van der Waals surface area contributed by atoms with Crippen molar-refractivity contribution in [3.05, 3.63) is 23.3 Å². The van der Waals surface area contributed by atoms with Crippen LogP contribution in [0.3, 0.4) is 0 Å². The van der Waals surface area contributed by atoms with Crippen LogP contribution in [0.2, 0.25) is 0 Å². The lowest BCUT2D eigenvalue weighted by Gasteiger charge is -2.32. The molecule has 0 aliphatic carbocycles. The first kappa shape index (κ1) is 16.2. The molecule has 2 aromatic rings. The van der Waals surface area contributed by atoms with Crippen molar-refractivity contribution < 1.29 is 9.53 Å². The molecule has 0 radical (unpaired) electrons. The smallest absolute Gasteiger partial charge is 0.274 e. The molecule has 1 fully saturated rings. The summed E-state index contributed by atoms with van der Waals surface area (Å²) in [5, 5.41) is 0.756. The molecule has 0 N–H and O–H groups in total. The molecule has 0 atom stereocenters. The minimum atomic E-state index is 0.0719. The second-order valence-corrected chi connectivity index (χ2v) is 7.62. The number of carbonyl (C=O) groups is 1. The summed E-state index contributed by atoms with van der Waals surface area (Å²) < 4.78 is 7.32. The van der Waals surface area contributed by atoms with Crippen LogP contribution in [0.4, 0.5) is 0 Å². The molecular weight excluding hydrogens is 308 g/mol. The molecule has 1 amide bonds. The first-order valence-electron chi connectivity index (χ1n) is 8.28. The minimum absolute atomic E-state index is 0.0719. The number of fused-ring (bicyclic) bond motifs is 1. The Hall–Kier alpha value is -1.62. The normalized spacial score (nSPS) is 16.3. The van der Waals surface area contributed by atoms with Gasteiger partial charge in [0.2, 0.25) is 5.91 Å². The molecule has 2 heterocycles. The predicted octanol–water partition coefficient (Wildman–Crippen LogP) is 3.94. The lowest BCUT2D eigenvalue weighted by Crippen LogP contribution is -2.43. The molecule has 1 aliphatic heterocycles. The number of benzene rings is 1. The highest BCUT2D eigenvalue weighted by molar-refractivity contribution is 7.20. The molecule has 4 nitrogen and oxygen atoms in total. The maximum atomic E-state index is 12.0. The Morgan fingerprint density at radius 2 is 1.91 bits per heavy atom. The molecule has 23 heavy (non-hydrogen) atoms. The van der Waals surface area contributed by atoms with Crippen molar-refractivity contribution in [1.29, 1.82) is 0 Å². The van der Waals surface area contributed by atoms with E-state index in [9.17, 15) is 4.79 Å². The Morgan fingerprint density at radius 3 is 2.52 bits per heavy atom. The average molecular weight is 332 g/mol. The summed E-state index contributed by atoms with van der Waals surface area (Å²) in [6.45, 7) is 9.67. The first-order chi connectivity index (χ1) is 11.0. The number of hydrogen-bond acceptors (Lipinski definition) is 4. The standard InChI is InChI=1S/C18H24N2O2S/c1-11(2)17(21)20-9-7-14(8-10-20)22-18-19-15-12(3)5-6-13(4)16(15)23-18/h5-6,11,14H,7-10H2,1-4H3. The summed E-state index contributed by atoms with van der Waals surface area (Å²) in [5.74, 6) is 0.317. The fraction of sp³-hybridized carbons (Fsp3) is 0.556. The molecule has 0 unspecified atom stereocenters. The van der Waals surface area contributed by atoms with Gasteiger partial charge in [-0.15, -0.1) is 0 Å². The predicted molar refractivity (Wildman–Crippen MR) is 94.2 cm³/mol. The van der Waals surface area contributed by atoms with Crippen LogP contribution in [0.15, 0.2) is 12.1 Å². The van der Waals surface area contributed by atoms with E-state index >= 15 is 0 Å². The van der Waals surface area contributed by atoms with Gasteiger partial charge in [-0.3, -0.25) is 4.79 Å². The highest BCUT2D eigenvalue weighted by Gasteiger charge is 2.26. The maximum absolute atomic E-state index is 12.0. The van der Waals surface area contributed by atoms with E-state index in [1.165, 1.54) is 15.8 Å². The van der Waals surface area contributed by atoms with Gasteiger partial charge in [-0.2, -0.15) is 0 Å². The third-order valence-corrected chi connectivity index (χ3v) is 5.52. The molecule has 1 aliphatic rings. The van der Waals surface area contributed by atoms with Crippen molar-refractivity contribution in [2.45, 2.75) is 46.6 Å². The van der Waals surface area contributed by atoms with Crippen LogP contribution in [0, 0.1) is 19.8 Å². The molecule has 1 saturated heterocycles. The Balaban J connectivity index is 1.66. The molecule has 1 aromatic carbocycles. The van der Waals surface area contributed by atoms with Crippen molar-refractivity contribution >= 4 is 27.5 Å². The lowest BCUT2D eigenvalue weighted by molar-refractivity contribution is -0.136. The molecule has 0 saturated carbocycles. The first-order valence-corrected chi connectivity index (χ1v) is 9.09. The second kappa shape index (κ2) is 6.48. The van der Waals surface area contributed by atoms with Gasteiger partial charge in [0, 0.05) is 31.8 Å². The van der Waals surface area contributed by atoms with Crippen molar-refractivity contribution in [2.24, 2.45) is 5.92 Å². The van der Waals surface area contributed by atoms with Gasteiger partial charge in [-0.1, -0.05) is 37.3 Å². The number of likely N-dealkylation sites (tertiary alicyclic amines) is 1. The number of thiazole rings is 1. The maximum Gasteiger partial charge on any atom is 0.274 e. The molecule has 0 spiro atoms. The number of aryl methyl sites for hydroxylation is 2. The number of nitrogens with zero attached hydrogens (tertiary/aromatic N) is 2. The zero-order valence-corrected chi connectivity index (χ0v) is 15.1. The fourth-order valence-corrected chi connectivity index (χ4v) is 4.02. The highest BCUT2D eigenvalue weighted by Crippen LogP contribution is 2.33. The summed E-state index contributed by atoms with van der Waals surface area (Å²) in [4.78, 5) is 18.7. The van der Waals surface area contributed by atoms with Gasteiger partial charge in [0.05, 0.1) is 10.2 Å². The van der Waals surface area contributed by atoms with E-state index in [0.717, 1.165) is 36.6 Å². The van der Waals surface area contributed by atoms with Crippen LogP contribution in [0.25, 0.3) is 10.2 Å². The van der Waals surface area contributed by atoms with Crippen LogP contribution in [-0.2, 0) is 4.79 Å². The summed E-state index contributed by atoms with van der Waals surface area (Å²) in [7, 11) is 0. The number of piperidine rings is 1. The second-order valence-electron chi connectivity index (χ2n) is 6.65. The SMILES string of the molecule is Cc1ccc(C)c2sc(OC3CCN(C(=O)C(C)C)CC3)nc12. The van der Waals surface area contributed by atoms with Gasteiger partial charge < -0.3 is 9.64 Å². The van der Waals surface area contributed by atoms with E-state index in [-0.39, 0.29) is 17.9 Å². The number of hydrogen-bond donors (Lipinski definition) is 0. The number of amides is 1. The Morgan fingerprint density at radius 1 is 1.26 bits per heavy atom. The molecule has 0 bridgehead atoms. The lowest BCUT2D eigenvalue weighted by atomic mass is 10.1. The number of aromatic nitrogens is 1. The van der Waals surface area contributed by atoms with Gasteiger partial charge in [0.1, 0.15) is 6.10 Å². The fourth-order valence-electron chi connectivity index (χ4n) is 2.99. The van der Waals surface area contributed by atoms with Gasteiger partial charge in [-0.25, -0.2) is 4.98 Å². The molecular formula is C18H24N2O2S. The third kappa shape index (κ3) is 3.34. The zero-order valence-electron chi connectivity index (χ0n) is 14.3. The molecule has 1 aromatic heterocycles. The van der Waals surface area contributed by atoms with E-state index in [1.807, 2.05) is 18.7 Å². The quantitative estimate of drug-likeness (QED) is 0.855. The third-order valence-electron chi connectivity index (χ3n) is 4.44. The molecule has 124 valence electrons. The zero-order chi connectivity index (χ0) is 16.6. The van der Waals surface area contributed by atoms with Crippen molar-refractivity contribution in [1.82, 2.24) is 9.88 Å². The summed E-state index contributed by atoms with van der Waals surface area (Å²) >= 11 is 1.63. The van der Waals surface area contributed by atoms with Gasteiger partial charge in [-0.05, 0) is 25.0 Å². The Kier molecular flexibility index (Phi) is 4.57. The number of ether oxygens (including phenoxy) is 1. The van der Waals surface area contributed by atoms with Gasteiger partial charge in [0.15, 0.2) is 0 Å². The van der Waals surface area contributed by atoms with E-state index in [0.29, 0.717) is 0 Å². The molecule has 5 heteroatoms. The highest BCUT2D eigenvalue weighted by atomic mass is 32.1. The molecule has 3 rings (SSSR count). The summed E-state index contributed by atoms with van der Waals surface area (Å²) in [5.41, 5.74) is 3.49. The topological polar surface area (TPSA) is 42.4 Å². The van der Waals surface area contributed by atoms with E-state index < -0.39 is 0 Å². The van der Waals surface area contributed by atoms with Gasteiger partial charge in [0.25, 0.3) is 5.19 Å². The van der Waals surface area contributed by atoms with Crippen LogP contribution in [-0.4, -0.2) is 35.0 Å². The van der Waals surface area contributed by atoms with Crippen LogP contribution >= 0.6 is 11.3 Å². The monoisotopic (exact) mass is 332 g/mol. The number of carbonyl (C=O) groups excluding carboxylic acids is 1. The van der Waals surface area contributed by atoms with E-state index in [4.69, 9.17) is 4.74 Å².